The molecular weight excluding hydrogens is 434 g/mol. The first-order valence-electron chi connectivity index (χ1n) is 11.1. The van der Waals surface area contributed by atoms with Crippen LogP contribution in [0.15, 0.2) is 29.0 Å². The van der Waals surface area contributed by atoms with Gasteiger partial charge in [0, 0.05) is 24.2 Å². The molecule has 0 spiro atoms. The van der Waals surface area contributed by atoms with E-state index in [0.29, 0.717) is 34.0 Å². The molecule has 172 valence electrons. The molecule has 0 aromatic carbocycles. The zero-order valence-electron chi connectivity index (χ0n) is 19.2. The molecule has 1 amide bonds. The second-order valence-electron chi connectivity index (χ2n) is 9.15. The second-order valence-corrected chi connectivity index (χ2v) is 9.15. The molecule has 1 aliphatic rings. The molecular formula is C23H23N9O2. The molecule has 11 heteroatoms. The summed E-state index contributed by atoms with van der Waals surface area (Å²) >= 11 is 0. The van der Waals surface area contributed by atoms with Crippen LogP contribution in [0, 0.1) is 6.92 Å². The predicted octanol–water partition coefficient (Wildman–Crippen LogP) is 3.14. The van der Waals surface area contributed by atoms with Gasteiger partial charge in [-0.1, -0.05) is 12.1 Å². The van der Waals surface area contributed by atoms with Gasteiger partial charge in [0.15, 0.2) is 22.9 Å². The molecule has 5 aromatic rings. The van der Waals surface area contributed by atoms with Crippen molar-refractivity contribution in [2.24, 2.45) is 7.05 Å². The summed E-state index contributed by atoms with van der Waals surface area (Å²) in [6.45, 7) is 5.87. The number of aromatic nitrogens is 8. The molecule has 5 heterocycles. The average molecular weight is 457 g/mol. The van der Waals surface area contributed by atoms with Gasteiger partial charge in [0.25, 0.3) is 5.91 Å². The highest BCUT2D eigenvalue weighted by molar-refractivity contribution is 6.04. The molecule has 11 nitrogen and oxygen atoms in total. The van der Waals surface area contributed by atoms with E-state index >= 15 is 0 Å². The quantitative estimate of drug-likeness (QED) is 0.410. The summed E-state index contributed by atoms with van der Waals surface area (Å²) in [4.78, 5) is 34.0. The molecule has 0 saturated heterocycles. The molecule has 34 heavy (non-hydrogen) atoms. The van der Waals surface area contributed by atoms with Crippen LogP contribution in [-0.2, 0) is 12.5 Å². The Bertz CT molecular complexity index is 1570. The third-order valence-corrected chi connectivity index (χ3v) is 6.52. The van der Waals surface area contributed by atoms with Gasteiger partial charge < -0.3 is 14.8 Å². The molecule has 1 saturated carbocycles. The first-order valence-corrected chi connectivity index (χ1v) is 11.1. The van der Waals surface area contributed by atoms with Crippen molar-refractivity contribution in [3.05, 3.63) is 47.4 Å². The lowest BCUT2D eigenvalue weighted by atomic mass is 10.1. The van der Waals surface area contributed by atoms with Crippen molar-refractivity contribution in [1.82, 2.24) is 45.2 Å². The van der Waals surface area contributed by atoms with Crippen LogP contribution in [-0.4, -0.2) is 45.8 Å². The molecule has 1 aliphatic carbocycles. The molecule has 0 unspecified atom stereocenters. The van der Waals surface area contributed by atoms with Crippen LogP contribution in [0.4, 0.5) is 0 Å². The summed E-state index contributed by atoms with van der Waals surface area (Å²) in [5, 5.41) is 12.0. The van der Waals surface area contributed by atoms with E-state index in [1.54, 1.807) is 17.8 Å². The van der Waals surface area contributed by atoms with Gasteiger partial charge in [-0.2, -0.15) is 5.10 Å². The number of rotatable bonds is 5. The highest BCUT2D eigenvalue weighted by atomic mass is 16.5. The summed E-state index contributed by atoms with van der Waals surface area (Å²) in [6, 6.07) is 5.34. The van der Waals surface area contributed by atoms with Gasteiger partial charge in [-0.05, 0) is 38.8 Å². The van der Waals surface area contributed by atoms with Crippen molar-refractivity contribution >= 4 is 28.1 Å². The van der Waals surface area contributed by atoms with Crippen molar-refractivity contribution in [1.29, 1.82) is 0 Å². The Morgan fingerprint density at radius 1 is 1.26 bits per heavy atom. The SMILES string of the molecule is Cc1nn(C)c2ncnc(C(=O)N[C@H](C)c3cc(-c4nc5ccc(C6(C)CC6)nc5[nH]4)no3)c12. The number of imidazole rings is 1. The molecule has 0 radical (unpaired) electrons. The lowest BCUT2D eigenvalue weighted by Gasteiger charge is -2.10. The average Bonchev–Trinajstić information content (AvgIpc) is 3.19. The normalized spacial score (nSPS) is 15.6. The summed E-state index contributed by atoms with van der Waals surface area (Å²) in [5.41, 5.74) is 4.86. The van der Waals surface area contributed by atoms with E-state index in [1.807, 2.05) is 26.0 Å². The number of aromatic amines is 1. The van der Waals surface area contributed by atoms with Gasteiger partial charge in [0.05, 0.1) is 17.1 Å². The maximum Gasteiger partial charge on any atom is 0.271 e. The number of carbonyl (C=O) groups excluding carboxylic acids is 1. The zero-order chi connectivity index (χ0) is 23.6. The van der Waals surface area contributed by atoms with Crippen molar-refractivity contribution in [3.63, 3.8) is 0 Å². The minimum Gasteiger partial charge on any atom is -0.358 e. The van der Waals surface area contributed by atoms with Gasteiger partial charge in [-0.25, -0.2) is 19.9 Å². The molecule has 0 bridgehead atoms. The van der Waals surface area contributed by atoms with Crippen molar-refractivity contribution in [2.75, 3.05) is 0 Å². The Morgan fingerprint density at radius 3 is 2.88 bits per heavy atom. The van der Waals surface area contributed by atoms with Crippen molar-refractivity contribution in [2.45, 2.75) is 45.1 Å². The van der Waals surface area contributed by atoms with Gasteiger partial charge in [0.2, 0.25) is 0 Å². The van der Waals surface area contributed by atoms with E-state index in [9.17, 15) is 4.79 Å². The fourth-order valence-electron chi connectivity index (χ4n) is 4.19. The molecule has 1 fully saturated rings. The number of amides is 1. The Morgan fingerprint density at radius 2 is 2.09 bits per heavy atom. The van der Waals surface area contributed by atoms with Crippen LogP contribution >= 0.6 is 0 Å². The van der Waals surface area contributed by atoms with E-state index < -0.39 is 6.04 Å². The fourth-order valence-corrected chi connectivity index (χ4v) is 4.19. The maximum atomic E-state index is 13.0. The lowest BCUT2D eigenvalue weighted by molar-refractivity contribution is 0.0930. The van der Waals surface area contributed by atoms with Gasteiger partial charge >= 0.3 is 0 Å². The van der Waals surface area contributed by atoms with E-state index in [0.717, 1.165) is 29.7 Å². The van der Waals surface area contributed by atoms with E-state index in [1.165, 1.54) is 6.33 Å². The van der Waals surface area contributed by atoms with Gasteiger partial charge in [-0.3, -0.25) is 9.48 Å². The summed E-state index contributed by atoms with van der Waals surface area (Å²) in [5.74, 6) is 0.719. The molecule has 2 N–H and O–H groups in total. The van der Waals surface area contributed by atoms with Gasteiger partial charge in [0.1, 0.15) is 23.2 Å². The van der Waals surface area contributed by atoms with Crippen LogP contribution in [0.5, 0.6) is 0 Å². The van der Waals surface area contributed by atoms with E-state index in [4.69, 9.17) is 9.51 Å². The van der Waals surface area contributed by atoms with Crippen LogP contribution in [0.3, 0.4) is 0 Å². The zero-order valence-corrected chi connectivity index (χ0v) is 19.2. The smallest absolute Gasteiger partial charge is 0.271 e. The number of aryl methyl sites for hydroxylation is 2. The number of hydrogen-bond acceptors (Lipinski definition) is 8. The van der Waals surface area contributed by atoms with Crippen LogP contribution < -0.4 is 5.32 Å². The minimum atomic E-state index is -0.445. The highest BCUT2D eigenvalue weighted by Crippen LogP contribution is 2.46. The largest absolute Gasteiger partial charge is 0.358 e. The molecule has 0 aliphatic heterocycles. The number of nitrogens with one attached hydrogen (secondary N) is 2. The number of hydrogen-bond donors (Lipinski definition) is 2. The third kappa shape index (κ3) is 3.23. The van der Waals surface area contributed by atoms with Crippen LogP contribution in [0.1, 0.15) is 60.4 Å². The molecule has 6 rings (SSSR count). The molecule has 5 aromatic heterocycles. The second kappa shape index (κ2) is 7.17. The van der Waals surface area contributed by atoms with Crippen molar-refractivity contribution in [3.8, 4) is 11.5 Å². The van der Waals surface area contributed by atoms with Gasteiger partial charge in [-0.15, -0.1) is 0 Å². The van der Waals surface area contributed by atoms with E-state index in [-0.39, 0.29) is 17.0 Å². The topological polar surface area (TPSA) is 140 Å². The maximum absolute atomic E-state index is 13.0. The van der Waals surface area contributed by atoms with Crippen LogP contribution in [0.25, 0.3) is 33.7 Å². The van der Waals surface area contributed by atoms with Crippen molar-refractivity contribution < 1.29 is 9.32 Å². The Kier molecular flexibility index (Phi) is 4.32. The Balaban J connectivity index is 1.24. The summed E-state index contributed by atoms with van der Waals surface area (Å²) in [6.07, 6.45) is 3.67. The lowest BCUT2D eigenvalue weighted by Crippen LogP contribution is -2.27. The monoisotopic (exact) mass is 457 g/mol. The summed E-state index contributed by atoms with van der Waals surface area (Å²) in [7, 11) is 1.78. The number of pyridine rings is 1. The Labute approximate surface area is 194 Å². The fraction of sp³-hybridized carbons (Fsp3) is 0.348. The number of nitrogens with zero attached hydrogens (tertiary/aromatic N) is 7. The number of carbonyl (C=O) groups is 1. The predicted molar refractivity (Wildman–Crippen MR) is 123 cm³/mol. The standard InChI is InChI=1S/C23H23N9O2/c1-11(26-22(33)18-17-12(2)30-32(4)21(17)25-10-24-18)15-9-14(31-34-15)20-27-13-5-6-16(23(3)7-8-23)28-19(13)29-20/h5-6,9-11H,7-8H2,1-4H3,(H,26,33)(H,27,28,29)/t11-/m1/s1. The summed E-state index contributed by atoms with van der Waals surface area (Å²) < 4.78 is 7.15. The highest BCUT2D eigenvalue weighted by Gasteiger charge is 2.40. The Hall–Kier alpha value is -4.15. The first-order chi connectivity index (χ1) is 16.3. The van der Waals surface area contributed by atoms with Crippen LogP contribution in [0.2, 0.25) is 0 Å². The molecule has 1 atom stereocenters. The third-order valence-electron chi connectivity index (χ3n) is 6.52. The van der Waals surface area contributed by atoms with E-state index in [2.05, 4.69) is 42.4 Å². The first kappa shape index (κ1) is 20.5. The minimum absolute atomic E-state index is 0.178. The number of H-pyrrole nitrogens is 1. The number of fused-ring (bicyclic) bond motifs is 2.